The molecular formula is C13H19FN2O. The van der Waals surface area contributed by atoms with Crippen molar-refractivity contribution in [2.75, 3.05) is 13.2 Å². The lowest BCUT2D eigenvalue weighted by Gasteiger charge is -2.11. The van der Waals surface area contributed by atoms with Gasteiger partial charge in [-0.15, -0.1) is 0 Å². The first-order valence-corrected chi connectivity index (χ1v) is 5.72. The van der Waals surface area contributed by atoms with Crippen LogP contribution in [0.4, 0.5) is 4.39 Å². The Hall–Kier alpha value is -1.42. The Kier molecular flexibility index (Phi) is 5.63. The lowest BCUT2D eigenvalue weighted by atomic mass is 10.2. The van der Waals surface area contributed by atoms with E-state index in [1.807, 2.05) is 0 Å². The van der Waals surface area contributed by atoms with E-state index in [1.165, 1.54) is 6.07 Å². The summed E-state index contributed by atoms with van der Waals surface area (Å²) in [6.45, 7) is 9.59. The summed E-state index contributed by atoms with van der Waals surface area (Å²) in [5.41, 5.74) is 0.729. The minimum absolute atomic E-state index is 0.350. The molecule has 0 spiro atoms. The van der Waals surface area contributed by atoms with Crippen LogP contribution in [0.1, 0.15) is 19.4 Å². The second-order valence-corrected chi connectivity index (χ2v) is 4.24. The van der Waals surface area contributed by atoms with Gasteiger partial charge in [0.05, 0.1) is 6.20 Å². The molecule has 0 aliphatic carbocycles. The Morgan fingerprint density at radius 3 is 3.00 bits per heavy atom. The number of hydrogen-bond donors (Lipinski definition) is 1. The van der Waals surface area contributed by atoms with Crippen LogP contribution in [0, 0.1) is 11.7 Å². The molecule has 4 heteroatoms. The Morgan fingerprint density at radius 2 is 2.35 bits per heavy atom. The van der Waals surface area contributed by atoms with Crippen LogP contribution in [0.2, 0.25) is 0 Å². The Morgan fingerprint density at radius 1 is 1.59 bits per heavy atom. The first-order valence-electron chi connectivity index (χ1n) is 5.72. The van der Waals surface area contributed by atoms with Gasteiger partial charge >= 0.3 is 0 Å². The Labute approximate surface area is 102 Å². The highest BCUT2D eigenvalue weighted by Gasteiger charge is 2.07. The van der Waals surface area contributed by atoms with E-state index < -0.39 is 0 Å². The summed E-state index contributed by atoms with van der Waals surface area (Å²) in [4.78, 5) is 3.93. The van der Waals surface area contributed by atoms with Crippen molar-refractivity contribution in [1.29, 1.82) is 0 Å². The summed E-state index contributed by atoms with van der Waals surface area (Å²) in [6, 6.07) is 1.44. The highest BCUT2D eigenvalue weighted by atomic mass is 19.1. The zero-order valence-electron chi connectivity index (χ0n) is 10.4. The third-order valence-corrected chi connectivity index (χ3v) is 2.10. The highest BCUT2D eigenvalue weighted by Crippen LogP contribution is 2.16. The predicted molar refractivity (Wildman–Crippen MR) is 66.4 cm³/mol. The molecule has 1 rings (SSSR count). The van der Waals surface area contributed by atoms with Crippen LogP contribution in [0.25, 0.3) is 0 Å². The summed E-state index contributed by atoms with van der Waals surface area (Å²) in [7, 11) is 0. The number of hydrogen-bond acceptors (Lipinski definition) is 3. The standard InChI is InChI=1S/C13H19FN2O/c1-4-5-17-13-11(6-12(14)9-16-13)8-15-7-10(2)3/h4,6,9-10,15H,1,5,7-8H2,2-3H3. The van der Waals surface area contributed by atoms with E-state index in [2.05, 4.69) is 30.7 Å². The van der Waals surface area contributed by atoms with Gasteiger partial charge in [-0.2, -0.15) is 0 Å². The maximum absolute atomic E-state index is 13.1. The number of nitrogens with one attached hydrogen (secondary N) is 1. The molecule has 17 heavy (non-hydrogen) atoms. The summed E-state index contributed by atoms with van der Waals surface area (Å²) in [5, 5.41) is 3.23. The second kappa shape index (κ2) is 7.01. The van der Waals surface area contributed by atoms with Gasteiger partial charge in [0.15, 0.2) is 0 Å². The Balaban J connectivity index is 2.65. The zero-order valence-corrected chi connectivity index (χ0v) is 10.4. The predicted octanol–water partition coefficient (Wildman–Crippen LogP) is 2.53. The number of nitrogens with zero attached hydrogens (tertiary/aromatic N) is 1. The van der Waals surface area contributed by atoms with Crippen LogP contribution in [0.3, 0.4) is 0 Å². The van der Waals surface area contributed by atoms with Crippen LogP contribution in [-0.4, -0.2) is 18.1 Å². The van der Waals surface area contributed by atoms with Crippen molar-refractivity contribution in [3.05, 3.63) is 36.3 Å². The lowest BCUT2D eigenvalue weighted by Crippen LogP contribution is -2.19. The van der Waals surface area contributed by atoms with Crippen molar-refractivity contribution in [2.45, 2.75) is 20.4 Å². The molecule has 94 valence electrons. The number of ether oxygens (including phenoxy) is 1. The normalized spacial score (nSPS) is 10.6. The lowest BCUT2D eigenvalue weighted by molar-refractivity contribution is 0.341. The fourth-order valence-corrected chi connectivity index (χ4v) is 1.36. The smallest absolute Gasteiger partial charge is 0.218 e. The average molecular weight is 238 g/mol. The molecule has 0 saturated carbocycles. The van der Waals surface area contributed by atoms with Gasteiger partial charge in [-0.1, -0.05) is 26.5 Å². The largest absolute Gasteiger partial charge is 0.473 e. The molecule has 3 nitrogen and oxygen atoms in total. The van der Waals surface area contributed by atoms with Gasteiger partial charge in [-0.05, 0) is 18.5 Å². The molecule has 0 aliphatic heterocycles. The van der Waals surface area contributed by atoms with Crippen LogP contribution < -0.4 is 10.1 Å². The van der Waals surface area contributed by atoms with Crippen molar-refractivity contribution in [3.63, 3.8) is 0 Å². The van der Waals surface area contributed by atoms with Gasteiger partial charge in [0, 0.05) is 12.1 Å². The maximum atomic E-state index is 13.1. The summed E-state index contributed by atoms with van der Waals surface area (Å²) in [6.07, 6.45) is 2.79. The molecule has 1 heterocycles. The van der Waals surface area contributed by atoms with E-state index in [0.717, 1.165) is 18.3 Å². The molecule has 1 aromatic rings. The topological polar surface area (TPSA) is 34.1 Å². The molecule has 0 bridgehead atoms. The van der Waals surface area contributed by atoms with E-state index in [0.29, 0.717) is 24.9 Å². The van der Waals surface area contributed by atoms with Crippen molar-refractivity contribution < 1.29 is 9.13 Å². The molecule has 0 unspecified atom stereocenters. The van der Waals surface area contributed by atoms with Gasteiger partial charge in [0.2, 0.25) is 5.88 Å². The average Bonchev–Trinajstić information content (AvgIpc) is 2.27. The number of rotatable bonds is 7. The van der Waals surface area contributed by atoms with Crippen molar-refractivity contribution in [2.24, 2.45) is 5.92 Å². The highest BCUT2D eigenvalue weighted by molar-refractivity contribution is 5.26. The number of pyridine rings is 1. The van der Waals surface area contributed by atoms with Gasteiger partial charge < -0.3 is 10.1 Å². The van der Waals surface area contributed by atoms with E-state index >= 15 is 0 Å². The third kappa shape index (κ3) is 4.95. The second-order valence-electron chi connectivity index (χ2n) is 4.24. The summed E-state index contributed by atoms with van der Waals surface area (Å²) < 4.78 is 18.5. The molecule has 0 aliphatic rings. The Bertz CT molecular complexity index is 366. The van der Waals surface area contributed by atoms with Gasteiger partial charge in [-0.3, -0.25) is 0 Å². The van der Waals surface area contributed by atoms with Gasteiger partial charge in [0.1, 0.15) is 12.4 Å². The number of halogens is 1. The van der Waals surface area contributed by atoms with Crippen molar-refractivity contribution in [3.8, 4) is 5.88 Å². The molecule has 0 atom stereocenters. The third-order valence-electron chi connectivity index (χ3n) is 2.10. The fourth-order valence-electron chi connectivity index (χ4n) is 1.36. The van der Waals surface area contributed by atoms with Crippen LogP contribution >= 0.6 is 0 Å². The van der Waals surface area contributed by atoms with E-state index in [4.69, 9.17) is 4.74 Å². The quantitative estimate of drug-likeness (QED) is 0.741. The molecule has 1 aromatic heterocycles. The van der Waals surface area contributed by atoms with Crippen molar-refractivity contribution >= 4 is 0 Å². The first-order chi connectivity index (χ1) is 8.13. The molecule has 1 N–H and O–H groups in total. The molecule has 0 amide bonds. The van der Waals surface area contributed by atoms with E-state index in [1.54, 1.807) is 6.08 Å². The van der Waals surface area contributed by atoms with E-state index in [-0.39, 0.29) is 5.82 Å². The monoisotopic (exact) mass is 238 g/mol. The molecular weight excluding hydrogens is 219 g/mol. The minimum Gasteiger partial charge on any atom is -0.473 e. The van der Waals surface area contributed by atoms with Gasteiger partial charge in [-0.25, -0.2) is 9.37 Å². The minimum atomic E-state index is -0.350. The van der Waals surface area contributed by atoms with E-state index in [9.17, 15) is 4.39 Å². The zero-order chi connectivity index (χ0) is 12.7. The summed E-state index contributed by atoms with van der Waals surface area (Å²) >= 11 is 0. The maximum Gasteiger partial charge on any atom is 0.218 e. The molecule has 0 aromatic carbocycles. The number of aromatic nitrogens is 1. The molecule has 0 saturated heterocycles. The first kappa shape index (κ1) is 13.6. The van der Waals surface area contributed by atoms with Crippen LogP contribution in [0.15, 0.2) is 24.9 Å². The SMILES string of the molecule is C=CCOc1ncc(F)cc1CNCC(C)C. The summed E-state index contributed by atoms with van der Waals surface area (Å²) in [5.74, 6) is 0.661. The molecule has 0 radical (unpaired) electrons. The van der Waals surface area contributed by atoms with Crippen LogP contribution in [0.5, 0.6) is 5.88 Å². The van der Waals surface area contributed by atoms with Gasteiger partial charge in [0.25, 0.3) is 0 Å². The molecule has 0 fully saturated rings. The fraction of sp³-hybridized carbons (Fsp3) is 0.462. The van der Waals surface area contributed by atoms with Crippen molar-refractivity contribution in [1.82, 2.24) is 10.3 Å². The van der Waals surface area contributed by atoms with Crippen LogP contribution in [-0.2, 0) is 6.54 Å².